The van der Waals surface area contributed by atoms with Gasteiger partial charge in [0.05, 0.1) is 12.7 Å². The molecule has 0 saturated heterocycles. The van der Waals surface area contributed by atoms with Crippen molar-refractivity contribution in [3.05, 3.63) is 34.9 Å². The Morgan fingerprint density at radius 2 is 1.72 bits per heavy atom. The van der Waals surface area contributed by atoms with Crippen LogP contribution in [0.5, 0.6) is 11.5 Å². The van der Waals surface area contributed by atoms with Crippen LogP contribution < -0.4 is 4.74 Å². The van der Waals surface area contributed by atoms with Crippen LogP contribution in [-0.2, 0) is 10.8 Å². The zero-order valence-corrected chi connectivity index (χ0v) is 23.0. The van der Waals surface area contributed by atoms with E-state index in [0.29, 0.717) is 11.7 Å². The molecule has 1 aliphatic carbocycles. The van der Waals surface area contributed by atoms with Crippen LogP contribution in [0.15, 0.2) is 23.8 Å². The Bertz CT molecular complexity index is 756. The van der Waals surface area contributed by atoms with Gasteiger partial charge in [-0.05, 0) is 88.2 Å². The average Bonchev–Trinajstić information content (AvgIpc) is 2.77. The highest BCUT2D eigenvalue weighted by atomic mass is 28.4. The van der Waals surface area contributed by atoms with Crippen molar-refractivity contribution in [2.24, 2.45) is 5.92 Å². The van der Waals surface area contributed by atoms with Crippen LogP contribution in [0.4, 0.5) is 0 Å². The highest BCUT2D eigenvalue weighted by molar-refractivity contribution is 6.73. The minimum Gasteiger partial charge on any atom is -0.507 e. The van der Waals surface area contributed by atoms with Crippen LogP contribution >= 0.6 is 0 Å². The molecule has 32 heavy (non-hydrogen) atoms. The van der Waals surface area contributed by atoms with Gasteiger partial charge in [-0.25, -0.2) is 0 Å². The van der Waals surface area contributed by atoms with Crippen molar-refractivity contribution in [3.63, 3.8) is 0 Å². The van der Waals surface area contributed by atoms with E-state index in [-0.39, 0.29) is 11.5 Å². The van der Waals surface area contributed by atoms with E-state index in [1.165, 1.54) is 18.4 Å². The Balaban J connectivity index is 2.47. The lowest BCUT2D eigenvalue weighted by atomic mass is 9.69. The lowest BCUT2D eigenvalue weighted by Gasteiger charge is -2.47. The lowest BCUT2D eigenvalue weighted by molar-refractivity contribution is 0.0182. The predicted octanol–water partition coefficient (Wildman–Crippen LogP) is 8.37. The Kier molecular flexibility index (Phi) is 9.90. The van der Waals surface area contributed by atoms with Gasteiger partial charge in [-0.3, -0.25) is 0 Å². The van der Waals surface area contributed by atoms with Crippen molar-refractivity contribution in [1.82, 2.24) is 0 Å². The van der Waals surface area contributed by atoms with Crippen molar-refractivity contribution in [2.45, 2.75) is 117 Å². The average molecular weight is 461 g/mol. The number of phenols is 1. The second kappa shape index (κ2) is 11.7. The molecule has 182 valence electrons. The molecule has 0 fully saturated rings. The van der Waals surface area contributed by atoms with Crippen LogP contribution in [0, 0.1) is 5.92 Å². The summed E-state index contributed by atoms with van der Waals surface area (Å²) in [5, 5.41) is 11.2. The molecule has 1 aromatic carbocycles. The van der Waals surface area contributed by atoms with E-state index in [4.69, 9.17) is 9.16 Å². The highest BCUT2D eigenvalue weighted by Crippen LogP contribution is 2.50. The SMILES string of the molecule is CCCCCc1cc(O)c([C@@H]2C=C(C)CC[C@H]2C(C)(C)O[Si](CC)(CC)CC)c(OC)c1. The Hall–Kier alpha value is -1.26. The topological polar surface area (TPSA) is 38.7 Å². The fraction of sp³-hybridized carbons (Fsp3) is 0.714. The molecule has 0 radical (unpaired) electrons. The number of ether oxygens (including phenoxy) is 1. The molecule has 2 rings (SSSR count). The molecular weight excluding hydrogens is 412 g/mol. The molecule has 0 heterocycles. The zero-order valence-electron chi connectivity index (χ0n) is 22.0. The summed E-state index contributed by atoms with van der Waals surface area (Å²) in [5.74, 6) is 1.58. The molecule has 0 amide bonds. The first-order valence-corrected chi connectivity index (χ1v) is 15.5. The van der Waals surface area contributed by atoms with Crippen molar-refractivity contribution < 1.29 is 14.3 Å². The third-order valence-corrected chi connectivity index (χ3v) is 12.7. The van der Waals surface area contributed by atoms with Gasteiger partial charge in [0.1, 0.15) is 11.5 Å². The van der Waals surface area contributed by atoms with Gasteiger partial charge in [-0.1, -0.05) is 52.2 Å². The molecule has 0 aliphatic heterocycles. The van der Waals surface area contributed by atoms with Gasteiger partial charge in [0.25, 0.3) is 0 Å². The molecule has 0 aromatic heterocycles. The third-order valence-electron chi connectivity index (χ3n) is 7.86. The van der Waals surface area contributed by atoms with Gasteiger partial charge in [0.15, 0.2) is 8.32 Å². The number of rotatable bonds is 12. The largest absolute Gasteiger partial charge is 0.507 e. The van der Waals surface area contributed by atoms with Crippen LogP contribution in [0.3, 0.4) is 0 Å². The third kappa shape index (κ3) is 6.20. The molecule has 3 nitrogen and oxygen atoms in total. The summed E-state index contributed by atoms with van der Waals surface area (Å²) >= 11 is 0. The van der Waals surface area contributed by atoms with E-state index in [1.54, 1.807) is 7.11 Å². The van der Waals surface area contributed by atoms with Crippen molar-refractivity contribution in [3.8, 4) is 11.5 Å². The van der Waals surface area contributed by atoms with Gasteiger partial charge in [0.2, 0.25) is 0 Å². The number of hydrogen-bond donors (Lipinski definition) is 1. The molecule has 2 atom stereocenters. The molecule has 1 N–H and O–H groups in total. The molecule has 4 heteroatoms. The second-order valence-electron chi connectivity index (χ2n) is 10.3. The first kappa shape index (κ1) is 27.0. The summed E-state index contributed by atoms with van der Waals surface area (Å²) in [6.07, 6.45) is 9.05. The van der Waals surface area contributed by atoms with E-state index in [0.717, 1.165) is 60.7 Å². The standard InChI is InChI=1S/C28H48O3Si/c1-9-13-14-15-22-19-25(29)27(26(20-22)30-8)23-18-21(5)16-17-24(23)28(6,7)31-32(10-2,11-3)12-4/h18-20,23-24,29H,9-17H2,1-8H3/t23-,24-/m1/s1. The van der Waals surface area contributed by atoms with E-state index in [1.807, 2.05) is 6.07 Å². The summed E-state index contributed by atoms with van der Waals surface area (Å²) < 4.78 is 13.0. The maximum Gasteiger partial charge on any atom is 0.192 e. The summed E-state index contributed by atoms with van der Waals surface area (Å²) in [5.41, 5.74) is 3.23. The number of phenolic OH excluding ortho intramolecular Hbond substituents is 1. The van der Waals surface area contributed by atoms with Gasteiger partial charge in [-0.15, -0.1) is 0 Å². The number of hydrogen-bond acceptors (Lipinski definition) is 3. The molecule has 0 bridgehead atoms. The van der Waals surface area contributed by atoms with Crippen LogP contribution in [-0.4, -0.2) is 26.1 Å². The normalized spacial score (nSPS) is 19.7. The van der Waals surface area contributed by atoms with Crippen molar-refractivity contribution in [2.75, 3.05) is 7.11 Å². The van der Waals surface area contributed by atoms with E-state index >= 15 is 0 Å². The number of methoxy groups -OCH3 is 1. The summed E-state index contributed by atoms with van der Waals surface area (Å²) in [6, 6.07) is 7.57. The fourth-order valence-corrected chi connectivity index (χ4v) is 8.83. The van der Waals surface area contributed by atoms with E-state index < -0.39 is 8.32 Å². The highest BCUT2D eigenvalue weighted by Gasteiger charge is 2.44. The Labute approximate surface area is 198 Å². The van der Waals surface area contributed by atoms with Gasteiger partial charge < -0.3 is 14.3 Å². The maximum atomic E-state index is 11.2. The van der Waals surface area contributed by atoms with Crippen molar-refractivity contribution >= 4 is 8.32 Å². The zero-order chi connectivity index (χ0) is 23.9. The smallest absolute Gasteiger partial charge is 0.192 e. The van der Waals surface area contributed by atoms with E-state index in [2.05, 4.69) is 60.6 Å². The number of benzene rings is 1. The first-order valence-electron chi connectivity index (χ1n) is 12.9. The second-order valence-corrected chi connectivity index (χ2v) is 15.0. The quantitative estimate of drug-likeness (QED) is 0.193. The summed E-state index contributed by atoms with van der Waals surface area (Å²) in [7, 11) is -0.0324. The molecule has 0 spiro atoms. The van der Waals surface area contributed by atoms with Gasteiger partial charge in [0, 0.05) is 11.5 Å². The van der Waals surface area contributed by atoms with Gasteiger partial charge >= 0.3 is 0 Å². The summed E-state index contributed by atoms with van der Waals surface area (Å²) in [4.78, 5) is 0. The number of aryl methyl sites for hydroxylation is 1. The molecule has 1 aliphatic rings. The van der Waals surface area contributed by atoms with Gasteiger partial charge in [-0.2, -0.15) is 0 Å². The first-order chi connectivity index (χ1) is 15.2. The summed E-state index contributed by atoms with van der Waals surface area (Å²) in [6.45, 7) is 15.9. The molecule has 0 saturated carbocycles. The predicted molar refractivity (Wildman–Crippen MR) is 139 cm³/mol. The van der Waals surface area contributed by atoms with Crippen LogP contribution in [0.2, 0.25) is 18.1 Å². The number of allylic oxidation sites excluding steroid dienone is 2. The lowest BCUT2D eigenvalue weighted by Crippen LogP contribution is -2.49. The Morgan fingerprint density at radius 1 is 1.06 bits per heavy atom. The van der Waals surface area contributed by atoms with Crippen LogP contribution in [0.25, 0.3) is 0 Å². The maximum absolute atomic E-state index is 11.2. The molecule has 0 unspecified atom stereocenters. The monoisotopic (exact) mass is 460 g/mol. The van der Waals surface area contributed by atoms with Crippen molar-refractivity contribution in [1.29, 1.82) is 0 Å². The molecular formula is C28H48O3Si. The van der Waals surface area contributed by atoms with Crippen LogP contribution in [0.1, 0.15) is 97.6 Å². The minimum absolute atomic E-state index is 0.0932. The minimum atomic E-state index is -1.76. The Morgan fingerprint density at radius 3 is 2.28 bits per heavy atom. The number of unbranched alkanes of at least 4 members (excludes halogenated alkanes) is 2. The molecule has 1 aromatic rings. The van der Waals surface area contributed by atoms with E-state index in [9.17, 15) is 5.11 Å². The fourth-order valence-electron chi connectivity index (χ4n) is 5.63. The number of aromatic hydroxyl groups is 1.